The summed E-state index contributed by atoms with van der Waals surface area (Å²) in [5, 5.41) is 29.0. The van der Waals surface area contributed by atoms with Crippen LogP contribution >= 0.6 is 0 Å². The van der Waals surface area contributed by atoms with E-state index in [1.165, 1.54) is 19.2 Å². The third-order valence-corrected chi connectivity index (χ3v) is 3.72. The summed E-state index contributed by atoms with van der Waals surface area (Å²) < 4.78 is 10.8. The summed E-state index contributed by atoms with van der Waals surface area (Å²) in [6.07, 6.45) is 0.521. The lowest BCUT2D eigenvalue weighted by atomic mass is 9.92. The molecule has 2 aromatic carbocycles. The molecule has 0 amide bonds. The van der Waals surface area contributed by atoms with Crippen LogP contribution in [0, 0.1) is 0 Å². The molecular weight excluding hydrogens is 272 g/mol. The molecule has 0 bridgehead atoms. The van der Waals surface area contributed by atoms with Crippen LogP contribution in [0.25, 0.3) is 0 Å². The topological polar surface area (TPSA) is 79.2 Å². The number of ether oxygens (including phenoxy) is 2. The Bertz CT molecular complexity index is 681. The predicted molar refractivity (Wildman–Crippen MR) is 76.4 cm³/mol. The molecule has 3 N–H and O–H groups in total. The molecule has 0 spiro atoms. The van der Waals surface area contributed by atoms with E-state index in [1.807, 2.05) is 6.07 Å². The highest BCUT2D eigenvalue weighted by molar-refractivity contribution is 5.52. The standard InChI is InChI=1S/C16H16O5/c1-20-15-7-11(18)5-14(19)13(15)4-9-8-21-16-6-10(17)2-3-12(9)16/h2-3,5-7,9,17-19H,4,8H2,1H3/t9-/m0/s1. The van der Waals surface area contributed by atoms with Crippen molar-refractivity contribution in [2.45, 2.75) is 12.3 Å². The Kier molecular flexibility index (Phi) is 3.25. The number of hydrogen-bond donors (Lipinski definition) is 3. The molecule has 0 unspecified atom stereocenters. The zero-order valence-electron chi connectivity index (χ0n) is 11.5. The molecule has 0 saturated carbocycles. The van der Waals surface area contributed by atoms with Crippen molar-refractivity contribution in [3.05, 3.63) is 41.5 Å². The Morgan fingerprint density at radius 1 is 1.14 bits per heavy atom. The van der Waals surface area contributed by atoms with Crippen LogP contribution in [0.15, 0.2) is 30.3 Å². The van der Waals surface area contributed by atoms with E-state index < -0.39 is 0 Å². The second-order valence-electron chi connectivity index (χ2n) is 5.08. The van der Waals surface area contributed by atoms with E-state index in [4.69, 9.17) is 9.47 Å². The van der Waals surface area contributed by atoms with E-state index in [0.717, 1.165) is 5.56 Å². The van der Waals surface area contributed by atoms with Crippen LogP contribution in [0.5, 0.6) is 28.7 Å². The van der Waals surface area contributed by atoms with Gasteiger partial charge in [0, 0.05) is 35.2 Å². The zero-order chi connectivity index (χ0) is 15.0. The first-order chi connectivity index (χ1) is 10.1. The number of rotatable bonds is 3. The maximum absolute atomic E-state index is 10.0. The van der Waals surface area contributed by atoms with Crippen molar-refractivity contribution in [3.8, 4) is 28.7 Å². The van der Waals surface area contributed by atoms with Gasteiger partial charge in [0.15, 0.2) is 0 Å². The van der Waals surface area contributed by atoms with E-state index >= 15 is 0 Å². The number of phenolic OH excluding ortho intramolecular Hbond substituents is 3. The van der Waals surface area contributed by atoms with Crippen LogP contribution in [0.3, 0.4) is 0 Å². The average Bonchev–Trinajstić information content (AvgIpc) is 2.83. The molecule has 3 rings (SSSR count). The van der Waals surface area contributed by atoms with Crippen molar-refractivity contribution in [2.75, 3.05) is 13.7 Å². The maximum Gasteiger partial charge on any atom is 0.129 e. The minimum atomic E-state index is -0.0407. The van der Waals surface area contributed by atoms with Gasteiger partial charge in [0.1, 0.15) is 28.7 Å². The fourth-order valence-electron chi connectivity index (χ4n) is 2.68. The highest BCUT2D eigenvalue weighted by atomic mass is 16.5. The van der Waals surface area contributed by atoms with Crippen molar-refractivity contribution in [3.63, 3.8) is 0 Å². The van der Waals surface area contributed by atoms with Gasteiger partial charge in [-0.05, 0) is 12.5 Å². The number of hydrogen-bond acceptors (Lipinski definition) is 5. The Labute approximate surface area is 122 Å². The number of benzene rings is 2. The highest BCUT2D eigenvalue weighted by Gasteiger charge is 2.27. The molecule has 110 valence electrons. The highest BCUT2D eigenvalue weighted by Crippen LogP contribution is 2.42. The lowest BCUT2D eigenvalue weighted by molar-refractivity contribution is 0.325. The van der Waals surface area contributed by atoms with Crippen LogP contribution < -0.4 is 9.47 Å². The molecular formula is C16H16O5. The van der Waals surface area contributed by atoms with Gasteiger partial charge < -0.3 is 24.8 Å². The van der Waals surface area contributed by atoms with E-state index in [2.05, 4.69) is 0 Å². The molecule has 21 heavy (non-hydrogen) atoms. The van der Waals surface area contributed by atoms with Gasteiger partial charge in [-0.25, -0.2) is 0 Å². The van der Waals surface area contributed by atoms with E-state index in [0.29, 0.717) is 30.1 Å². The van der Waals surface area contributed by atoms with Gasteiger partial charge in [-0.1, -0.05) is 6.07 Å². The molecule has 1 aliphatic heterocycles. The van der Waals surface area contributed by atoms with Crippen molar-refractivity contribution in [1.82, 2.24) is 0 Å². The summed E-state index contributed by atoms with van der Waals surface area (Å²) in [7, 11) is 1.49. The lowest BCUT2D eigenvalue weighted by Crippen LogP contribution is -2.06. The predicted octanol–water partition coefficient (Wildman–Crippen LogP) is 2.53. The normalized spacial score (nSPS) is 16.3. The largest absolute Gasteiger partial charge is 0.508 e. The first-order valence-electron chi connectivity index (χ1n) is 6.63. The van der Waals surface area contributed by atoms with Crippen molar-refractivity contribution in [1.29, 1.82) is 0 Å². The molecule has 0 aromatic heterocycles. The summed E-state index contributed by atoms with van der Waals surface area (Å²) in [6.45, 7) is 0.474. The monoisotopic (exact) mass is 288 g/mol. The second kappa shape index (κ2) is 5.09. The number of aromatic hydroxyl groups is 3. The molecule has 0 radical (unpaired) electrons. The smallest absolute Gasteiger partial charge is 0.129 e. The molecule has 5 nitrogen and oxygen atoms in total. The number of fused-ring (bicyclic) bond motifs is 1. The van der Waals surface area contributed by atoms with Gasteiger partial charge >= 0.3 is 0 Å². The Balaban J connectivity index is 1.93. The van der Waals surface area contributed by atoms with Gasteiger partial charge in [-0.2, -0.15) is 0 Å². The fourth-order valence-corrected chi connectivity index (χ4v) is 2.68. The average molecular weight is 288 g/mol. The summed E-state index contributed by atoms with van der Waals surface area (Å²) in [5.41, 5.74) is 1.62. The molecule has 0 saturated heterocycles. The second-order valence-corrected chi connectivity index (χ2v) is 5.08. The minimum Gasteiger partial charge on any atom is -0.508 e. The SMILES string of the molecule is COc1cc(O)cc(O)c1C[C@H]1COc2cc(O)ccc21. The zero-order valence-corrected chi connectivity index (χ0v) is 11.5. The summed E-state index contributed by atoms with van der Waals surface area (Å²) >= 11 is 0. The molecule has 1 heterocycles. The lowest BCUT2D eigenvalue weighted by Gasteiger charge is -2.14. The van der Waals surface area contributed by atoms with Gasteiger partial charge in [-0.15, -0.1) is 0 Å². The summed E-state index contributed by atoms with van der Waals surface area (Å²) in [5.74, 6) is 1.29. The molecule has 1 aliphatic rings. The van der Waals surface area contributed by atoms with Crippen molar-refractivity contribution >= 4 is 0 Å². The first kappa shape index (κ1) is 13.4. The van der Waals surface area contributed by atoms with E-state index in [-0.39, 0.29) is 23.2 Å². The van der Waals surface area contributed by atoms with Crippen LogP contribution in [0.1, 0.15) is 17.0 Å². The van der Waals surface area contributed by atoms with Crippen LogP contribution in [0.4, 0.5) is 0 Å². The third-order valence-electron chi connectivity index (χ3n) is 3.72. The number of phenols is 3. The molecule has 0 aliphatic carbocycles. The number of methoxy groups -OCH3 is 1. The maximum atomic E-state index is 10.0. The summed E-state index contributed by atoms with van der Waals surface area (Å²) in [4.78, 5) is 0. The van der Waals surface area contributed by atoms with Gasteiger partial charge in [0.05, 0.1) is 13.7 Å². The van der Waals surface area contributed by atoms with Crippen LogP contribution in [-0.2, 0) is 6.42 Å². The molecule has 1 atom stereocenters. The van der Waals surface area contributed by atoms with Gasteiger partial charge in [0.2, 0.25) is 0 Å². The van der Waals surface area contributed by atoms with Gasteiger partial charge in [-0.3, -0.25) is 0 Å². The van der Waals surface area contributed by atoms with Crippen molar-refractivity contribution < 1.29 is 24.8 Å². The molecule has 0 fully saturated rings. The third kappa shape index (κ3) is 2.42. The van der Waals surface area contributed by atoms with Crippen LogP contribution in [-0.4, -0.2) is 29.0 Å². The molecule has 2 aromatic rings. The first-order valence-corrected chi connectivity index (χ1v) is 6.63. The Morgan fingerprint density at radius 3 is 2.71 bits per heavy atom. The Morgan fingerprint density at radius 2 is 1.95 bits per heavy atom. The quantitative estimate of drug-likeness (QED) is 0.809. The molecule has 5 heteroatoms. The van der Waals surface area contributed by atoms with E-state index in [9.17, 15) is 15.3 Å². The summed E-state index contributed by atoms with van der Waals surface area (Å²) in [6, 6.07) is 7.80. The minimum absolute atomic E-state index is 0.000853. The fraction of sp³-hybridized carbons (Fsp3) is 0.250. The van der Waals surface area contributed by atoms with Gasteiger partial charge in [0.25, 0.3) is 0 Å². The van der Waals surface area contributed by atoms with E-state index in [1.54, 1.807) is 12.1 Å². The van der Waals surface area contributed by atoms with Crippen LogP contribution in [0.2, 0.25) is 0 Å². The van der Waals surface area contributed by atoms with Crippen molar-refractivity contribution in [2.24, 2.45) is 0 Å². The Hall–Kier alpha value is -2.56.